The van der Waals surface area contributed by atoms with E-state index in [1.165, 1.54) is 12.8 Å². The van der Waals surface area contributed by atoms with Crippen LogP contribution in [0.4, 0.5) is 0 Å². The number of guanidine groups is 1. The van der Waals surface area contributed by atoms with E-state index >= 15 is 0 Å². The van der Waals surface area contributed by atoms with E-state index in [9.17, 15) is 4.79 Å². The van der Waals surface area contributed by atoms with E-state index in [2.05, 4.69) is 17.2 Å². The van der Waals surface area contributed by atoms with Crippen LogP contribution in [-0.2, 0) is 4.79 Å². The Labute approximate surface area is 109 Å². The van der Waals surface area contributed by atoms with Gasteiger partial charge in [0.15, 0.2) is 5.96 Å². The van der Waals surface area contributed by atoms with Crippen LogP contribution >= 0.6 is 0 Å². The average molecular weight is 257 g/mol. The second-order valence-electron chi connectivity index (χ2n) is 4.41. The summed E-state index contributed by atoms with van der Waals surface area (Å²) in [5.74, 6) is -0.0138. The van der Waals surface area contributed by atoms with Gasteiger partial charge in [-0.3, -0.25) is 9.79 Å². The van der Waals surface area contributed by atoms with Gasteiger partial charge in [-0.05, 0) is 19.3 Å². The molecule has 0 saturated heterocycles. The van der Waals surface area contributed by atoms with Gasteiger partial charge in [-0.25, -0.2) is 0 Å². The van der Waals surface area contributed by atoms with Crippen LogP contribution in [0, 0.1) is 0 Å². The number of aliphatic imine (C=N–C) groups is 1. The lowest BCUT2D eigenvalue weighted by molar-refractivity contribution is -0.122. The summed E-state index contributed by atoms with van der Waals surface area (Å²) in [6, 6.07) is -0.467. The molecule has 0 aliphatic carbocycles. The highest BCUT2D eigenvalue weighted by molar-refractivity contribution is 5.81. The Balaban J connectivity index is 3.54. The average Bonchev–Trinajstić information content (AvgIpc) is 2.33. The third-order valence-electron chi connectivity index (χ3n) is 2.63. The first kappa shape index (κ1) is 16.7. The lowest BCUT2D eigenvalue weighted by atomic mass is 10.1. The van der Waals surface area contributed by atoms with Crippen LogP contribution in [0.5, 0.6) is 0 Å². The molecule has 0 aromatic carbocycles. The van der Waals surface area contributed by atoms with Gasteiger partial charge in [-0.2, -0.15) is 0 Å². The number of hydrogen-bond acceptors (Lipinski definition) is 3. The molecule has 0 radical (unpaired) electrons. The molecule has 0 aliphatic rings. The lowest BCUT2D eigenvalue weighted by Gasteiger charge is -2.11. The molecule has 0 bridgehead atoms. The van der Waals surface area contributed by atoms with Gasteiger partial charge in [0.2, 0.25) is 5.91 Å². The van der Waals surface area contributed by atoms with Crippen molar-refractivity contribution in [1.29, 1.82) is 0 Å². The summed E-state index contributed by atoms with van der Waals surface area (Å²) in [7, 11) is 0. The van der Waals surface area contributed by atoms with Crippen molar-refractivity contribution in [2.24, 2.45) is 22.2 Å². The Bertz CT molecular complexity index is 251. The molecule has 0 fully saturated rings. The maximum Gasteiger partial charge on any atom is 0.236 e. The molecule has 0 saturated carbocycles. The standard InChI is InChI=1S/C12H27N5O/c1-2-3-4-5-8-16-11(18)10(13)7-6-9-17-12(14)15/h10H,2-9,13H2,1H3,(H,16,18)(H4,14,15,17). The van der Waals surface area contributed by atoms with Crippen molar-refractivity contribution in [2.75, 3.05) is 13.1 Å². The number of nitrogens with one attached hydrogen (secondary N) is 1. The first-order chi connectivity index (χ1) is 8.57. The van der Waals surface area contributed by atoms with Gasteiger partial charge in [-0.15, -0.1) is 0 Å². The maximum atomic E-state index is 11.6. The first-order valence-electron chi connectivity index (χ1n) is 6.66. The summed E-state index contributed by atoms with van der Waals surface area (Å²) in [6.07, 6.45) is 5.87. The summed E-state index contributed by atoms with van der Waals surface area (Å²) in [4.78, 5) is 15.4. The number of nitrogens with two attached hydrogens (primary N) is 3. The molecule has 0 aromatic heterocycles. The van der Waals surface area contributed by atoms with Crippen LogP contribution in [0.15, 0.2) is 4.99 Å². The fraction of sp³-hybridized carbons (Fsp3) is 0.833. The first-order valence-corrected chi connectivity index (χ1v) is 6.66. The number of carbonyl (C=O) groups is 1. The minimum Gasteiger partial charge on any atom is -0.370 e. The number of hydrogen-bond donors (Lipinski definition) is 4. The second-order valence-corrected chi connectivity index (χ2v) is 4.41. The predicted molar refractivity (Wildman–Crippen MR) is 75.0 cm³/mol. The normalized spacial score (nSPS) is 11.9. The molecule has 18 heavy (non-hydrogen) atoms. The number of nitrogens with zero attached hydrogens (tertiary/aromatic N) is 1. The molecule has 6 nitrogen and oxygen atoms in total. The number of rotatable bonds is 10. The van der Waals surface area contributed by atoms with Crippen molar-refractivity contribution in [3.8, 4) is 0 Å². The summed E-state index contributed by atoms with van der Waals surface area (Å²) in [5, 5.41) is 2.84. The van der Waals surface area contributed by atoms with E-state index in [1.54, 1.807) is 0 Å². The summed E-state index contributed by atoms with van der Waals surface area (Å²) in [5.41, 5.74) is 16.1. The molecule has 0 aliphatic heterocycles. The highest BCUT2D eigenvalue weighted by Gasteiger charge is 2.11. The van der Waals surface area contributed by atoms with Gasteiger partial charge < -0.3 is 22.5 Å². The molecular weight excluding hydrogens is 230 g/mol. The van der Waals surface area contributed by atoms with Crippen molar-refractivity contribution in [2.45, 2.75) is 51.5 Å². The molecule has 1 atom stereocenters. The number of amides is 1. The lowest BCUT2D eigenvalue weighted by Crippen LogP contribution is -2.41. The van der Waals surface area contributed by atoms with Crippen molar-refractivity contribution in [3.05, 3.63) is 0 Å². The molecule has 6 heteroatoms. The van der Waals surface area contributed by atoms with Crippen molar-refractivity contribution >= 4 is 11.9 Å². The number of carbonyl (C=O) groups excluding carboxylic acids is 1. The fourth-order valence-electron chi connectivity index (χ4n) is 1.54. The molecule has 0 spiro atoms. The van der Waals surface area contributed by atoms with Crippen LogP contribution in [0.1, 0.15) is 45.4 Å². The minimum atomic E-state index is -0.467. The maximum absolute atomic E-state index is 11.6. The van der Waals surface area contributed by atoms with Gasteiger partial charge in [0.1, 0.15) is 0 Å². The van der Waals surface area contributed by atoms with E-state index in [1.807, 2.05) is 0 Å². The van der Waals surface area contributed by atoms with Crippen LogP contribution in [0.2, 0.25) is 0 Å². The minimum absolute atomic E-state index is 0.0731. The van der Waals surface area contributed by atoms with Gasteiger partial charge in [0, 0.05) is 13.1 Å². The zero-order chi connectivity index (χ0) is 13.8. The third kappa shape index (κ3) is 9.89. The van der Waals surface area contributed by atoms with Gasteiger partial charge in [0.05, 0.1) is 6.04 Å². The molecule has 7 N–H and O–H groups in total. The largest absolute Gasteiger partial charge is 0.370 e. The SMILES string of the molecule is CCCCCCNC(=O)C(N)CCCN=C(N)N. The summed E-state index contributed by atoms with van der Waals surface area (Å²) >= 11 is 0. The van der Waals surface area contributed by atoms with Gasteiger partial charge in [-0.1, -0.05) is 26.2 Å². The van der Waals surface area contributed by atoms with E-state index in [-0.39, 0.29) is 11.9 Å². The van der Waals surface area contributed by atoms with E-state index < -0.39 is 6.04 Å². The van der Waals surface area contributed by atoms with Crippen molar-refractivity contribution in [3.63, 3.8) is 0 Å². The molecule has 106 valence electrons. The Kier molecular flexibility index (Phi) is 10.0. The fourth-order valence-corrected chi connectivity index (χ4v) is 1.54. The monoisotopic (exact) mass is 257 g/mol. The van der Waals surface area contributed by atoms with E-state index in [4.69, 9.17) is 17.2 Å². The van der Waals surface area contributed by atoms with Crippen LogP contribution in [-0.4, -0.2) is 31.0 Å². The molecule has 0 heterocycles. The third-order valence-corrected chi connectivity index (χ3v) is 2.63. The predicted octanol–water partition coefficient (Wildman–Crippen LogP) is 0.0638. The van der Waals surface area contributed by atoms with Crippen LogP contribution in [0.25, 0.3) is 0 Å². The smallest absolute Gasteiger partial charge is 0.236 e. The van der Waals surface area contributed by atoms with Crippen LogP contribution in [0.3, 0.4) is 0 Å². The highest BCUT2D eigenvalue weighted by Crippen LogP contribution is 1.98. The molecular formula is C12H27N5O. The van der Waals surface area contributed by atoms with Crippen molar-refractivity contribution < 1.29 is 4.79 Å². The molecule has 1 amide bonds. The van der Waals surface area contributed by atoms with Crippen LogP contribution < -0.4 is 22.5 Å². The summed E-state index contributed by atoms with van der Waals surface area (Å²) in [6.45, 7) is 3.38. The topological polar surface area (TPSA) is 120 Å². The van der Waals surface area contributed by atoms with E-state index in [0.717, 1.165) is 12.8 Å². The Morgan fingerprint density at radius 2 is 1.94 bits per heavy atom. The molecule has 1 unspecified atom stereocenters. The van der Waals surface area contributed by atoms with E-state index in [0.29, 0.717) is 25.9 Å². The Morgan fingerprint density at radius 1 is 1.22 bits per heavy atom. The highest BCUT2D eigenvalue weighted by atomic mass is 16.2. The van der Waals surface area contributed by atoms with Crippen molar-refractivity contribution in [1.82, 2.24) is 5.32 Å². The van der Waals surface area contributed by atoms with Gasteiger partial charge in [0.25, 0.3) is 0 Å². The molecule has 0 aromatic rings. The quantitative estimate of drug-likeness (QED) is 0.251. The second kappa shape index (κ2) is 10.8. The van der Waals surface area contributed by atoms with Gasteiger partial charge >= 0.3 is 0 Å². The summed E-state index contributed by atoms with van der Waals surface area (Å²) < 4.78 is 0. The number of unbranched alkanes of at least 4 members (excludes halogenated alkanes) is 3. The Morgan fingerprint density at radius 3 is 2.56 bits per heavy atom. The zero-order valence-corrected chi connectivity index (χ0v) is 11.3. The zero-order valence-electron chi connectivity index (χ0n) is 11.3. The Hall–Kier alpha value is -1.30. The molecule has 0 rings (SSSR count).